The molecule has 23 heavy (non-hydrogen) atoms. The highest BCUT2D eigenvalue weighted by molar-refractivity contribution is 5.81. The minimum absolute atomic E-state index is 0.0805. The first-order chi connectivity index (χ1) is 11.2. The Morgan fingerprint density at radius 1 is 0.913 bits per heavy atom. The van der Waals surface area contributed by atoms with Crippen molar-refractivity contribution in [3.63, 3.8) is 0 Å². The molecule has 5 heteroatoms. The van der Waals surface area contributed by atoms with Crippen LogP contribution in [0, 0.1) is 0 Å². The molecule has 2 aromatic carbocycles. The van der Waals surface area contributed by atoms with Gasteiger partial charge < -0.3 is 16.4 Å². The Morgan fingerprint density at radius 3 is 2.04 bits per heavy atom. The third-order valence-electron chi connectivity index (χ3n) is 4.38. The van der Waals surface area contributed by atoms with Crippen LogP contribution in [0.2, 0.25) is 0 Å². The van der Waals surface area contributed by atoms with E-state index in [4.69, 9.17) is 11.5 Å². The summed E-state index contributed by atoms with van der Waals surface area (Å²) in [4.78, 5) is 10.3. The molecule has 0 amide bonds. The van der Waals surface area contributed by atoms with Crippen LogP contribution in [0.3, 0.4) is 0 Å². The van der Waals surface area contributed by atoms with Crippen LogP contribution in [-0.4, -0.2) is 17.0 Å². The van der Waals surface area contributed by atoms with Gasteiger partial charge in [0.15, 0.2) is 5.82 Å². The van der Waals surface area contributed by atoms with Gasteiger partial charge >= 0.3 is 0 Å². The number of hydrogen-bond donors (Lipinski definition) is 2. The van der Waals surface area contributed by atoms with Crippen molar-refractivity contribution in [2.75, 3.05) is 23.4 Å². The van der Waals surface area contributed by atoms with Crippen molar-refractivity contribution in [1.82, 2.24) is 9.97 Å². The minimum atomic E-state index is 0.0805. The summed E-state index contributed by atoms with van der Waals surface area (Å²) in [7, 11) is 2.01. The van der Waals surface area contributed by atoms with Crippen LogP contribution in [-0.2, 0) is 0 Å². The van der Waals surface area contributed by atoms with Gasteiger partial charge in [-0.05, 0) is 22.3 Å². The molecule has 3 aromatic rings. The van der Waals surface area contributed by atoms with Crippen LogP contribution in [0.25, 0.3) is 11.1 Å². The molecule has 1 heterocycles. The molecule has 4 rings (SSSR count). The first-order valence-electron chi connectivity index (χ1n) is 7.46. The van der Waals surface area contributed by atoms with Crippen LogP contribution in [0.4, 0.5) is 17.5 Å². The quantitative estimate of drug-likeness (QED) is 0.761. The molecule has 1 aromatic heterocycles. The predicted molar refractivity (Wildman–Crippen MR) is 93.0 cm³/mol. The number of rotatable bonds is 2. The second kappa shape index (κ2) is 4.98. The molecule has 4 N–H and O–H groups in total. The standard InChI is InChI=1S/C18H17N5/c1-23(15-10-21-18(20)22-17(15)19)16-13-8-4-2-6-11(13)12-7-3-5-9-14(12)16/h2-10,16H,1H3,(H4,19,20,21,22). The monoisotopic (exact) mass is 303 g/mol. The maximum absolute atomic E-state index is 6.06. The van der Waals surface area contributed by atoms with Gasteiger partial charge in [-0.15, -0.1) is 0 Å². The lowest BCUT2D eigenvalue weighted by Crippen LogP contribution is -2.25. The fourth-order valence-corrected chi connectivity index (χ4v) is 3.36. The number of nitrogens with zero attached hydrogens (tertiary/aromatic N) is 3. The van der Waals surface area contributed by atoms with E-state index in [1.165, 1.54) is 22.3 Å². The molecule has 0 bridgehead atoms. The van der Waals surface area contributed by atoms with Crippen LogP contribution in [0.5, 0.6) is 0 Å². The summed E-state index contributed by atoms with van der Waals surface area (Å²) in [5.41, 5.74) is 17.5. The molecule has 0 spiro atoms. The number of anilines is 3. The third-order valence-corrected chi connectivity index (χ3v) is 4.38. The zero-order chi connectivity index (χ0) is 16.0. The Kier molecular flexibility index (Phi) is 2.94. The Hall–Kier alpha value is -3.08. The second-order valence-electron chi connectivity index (χ2n) is 5.69. The maximum Gasteiger partial charge on any atom is 0.222 e. The van der Waals surface area contributed by atoms with Crippen molar-refractivity contribution in [2.45, 2.75) is 6.04 Å². The molecule has 1 aliphatic rings. The average molecular weight is 303 g/mol. The highest BCUT2D eigenvalue weighted by atomic mass is 15.2. The Morgan fingerprint density at radius 2 is 1.48 bits per heavy atom. The fraction of sp³-hybridized carbons (Fsp3) is 0.111. The maximum atomic E-state index is 6.06. The normalized spacial score (nSPS) is 12.7. The van der Waals surface area contributed by atoms with Crippen molar-refractivity contribution >= 4 is 17.5 Å². The molecule has 0 unspecified atom stereocenters. The average Bonchev–Trinajstić information content (AvgIpc) is 2.89. The van der Waals surface area contributed by atoms with Crippen LogP contribution in [0.15, 0.2) is 54.7 Å². The summed E-state index contributed by atoms with van der Waals surface area (Å²) in [6, 6.07) is 17.0. The zero-order valence-electron chi connectivity index (χ0n) is 12.8. The molecule has 5 nitrogen and oxygen atoms in total. The third kappa shape index (κ3) is 2.01. The minimum Gasteiger partial charge on any atom is -0.382 e. The molecular weight excluding hydrogens is 286 g/mol. The lowest BCUT2D eigenvalue weighted by molar-refractivity contribution is 0.798. The van der Waals surface area contributed by atoms with Gasteiger partial charge in [0, 0.05) is 7.05 Å². The number of aromatic nitrogens is 2. The molecule has 0 saturated heterocycles. The van der Waals surface area contributed by atoms with Gasteiger partial charge in [-0.25, -0.2) is 4.98 Å². The summed E-state index contributed by atoms with van der Waals surface area (Å²) >= 11 is 0. The molecule has 0 fully saturated rings. The van der Waals surface area contributed by atoms with Gasteiger partial charge in [0.1, 0.15) is 0 Å². The van der Waals surface area contributed by atoms with Crippen molar-refractivity contribution in [2.24, 2.45) is 0 Å². The zero-order valence-corrected chi connectivity index (χ0v) is 12.8. The van der Waals surface area contributed by atoms with E-state index in [9.17, 15) is 0 Å². The number of nitrogens with two attached hydrogens (primary N) is 2. The lowest BCUT2D eigenvalue weighted by atomic mass is 10.0. The van der Waals surface area contributed by atoms with Crippen molar-refractivity contribution < 1.29 is 0 Å². The summed E-state index contributed by atoms with van der Waals surface area (Å²) < 4.78 is 0. The van der Waals surface area contributed by atoms with Gasteiger partial charge in [-0.2, -0.15) is 4.98 Å². The van der Waals surface area contributed by atoms with Gasteiger partial charge in [0.2, 0.25) is 5.95 Å². The van der Waals surface area contributed by atoms with E-state index in [0.29, 0.717) is 5.82 Å². The van der Waals surface area contributed by atoms with Crippen LogP contribution >= 0.6 is 0 Å². The smallest absolute Gasteiger partial charge is 0.222 e. The summed E-state index contributed by atoms with van der Waals surface area (Å²) in [5, 5.41) is 0. The van der Waals surface area contributed by atoms with Crippen LogP contribution < -0.4 is 16.4 Å². The van der Waals surface area contributed by atoms with Crippen molar-refractivity contribution in [3.8, 4) is 11.1 Å². The SMILES string of the molecule is CN(c1cnc(N)nc1N)C1c2ccccc2-c2ccccc21. The van der Waals surface area contributed by atoms with E-state index in [0.717, 1.165) is 5.69 Å². The van der Waals surface area contributed by atoms with E-state index in [2.05, 4.69) is 63.4 Å². The molecule has 0 radical (unpaired) electrons. The molecular formula is C18H17N5. The highest BCUT2D eigenvalue weighted by Crippen LogP contribution is 2.47. The number of hydrogen-bond acceptors (Lipinski definition) is 5. The predicted octanol–water partition coefficient (Wildman–Crippen LogP) is 2.85. The first kappa shape index (κ1) is 13.6. The molecule has 0 atom stereocenters. The number of fused-ring (bicyclic) bond motifs is 3. The summed E-state index contributed by atoms with van der Waals surface area (Å²) in [5.74, 6) is 0.578. The van der Waals surface area contributed by atoms with Gasteiger partial charge in [0.05, 0.1) is 17.9 Å². The largest absolute Gasteiger partial charge is 0.382 e. The lowest BCUT2D eigenvalue weighted by Gasteiger charge is -2.28. The molecule has 114 valence electrons. The highest BCUT2D eigenvalue weighted by Gasteiger charge is 2.32. The van der Waals surface area contributed by atoms with Crippen molar-refractivity contribution in [3.05, 3.63) is 65.9 Å². The summed E-state index contributed by atoms with van der Waals surface area (Å²) in [6.45, 7) is 0. The number of nitrogen functional groups attached to an aromatic ring is 2. The Bertz CT molecular complexity index is 845. The molecule has 0 saturated carbocycles. The van der Waals surface area contributed by atoms with Gasteiger partial charge in [-0.3, -0.25) is 0 Å². The fourth-order valence-electron chi connectivity index (χ4n) is 3.36. The van der Waals surface area contributed by atoms with E-state index < -0.39 is 0 Å². The van der Waals surface area contributed by atoms with E-state index in [1.54, 1.807) is 6.20 Å². The second-order valence-corrected chi connectivity index (χ2v) is 5.69. The molecule has 1 aliphatic carbocycles. The van der Waals surface area contributed by atoms with Gasteiger partial charge in [-0.1, -0.05) is 48.5 Å². The Labute approximate surface area is 134 Å². The summed E-state index contributed by atoms with van der Waals surface area (Å²) in [6.07, 6.45) is 1.68. The Balaban J connectivity index is 1.88. The molecule has 0 aliphatic heterocycles. The van der Waals surface area contributed by atoms with E-state index in [1.807, 2.05) is 7.05 Å². The van der Waals surface area contributed by atoms with Crippen molar-refractivity contribution in [1.29, 1.82) is 0 Å². The van der Waals surface area contributed by atoms with E-state index >= 15 is 0 Å². The van der Waals surface area contributed by atoms with Crippen LogP contribution in [0.1, 0.15) is 17.2 Å². The first-order valence-corrected chi connectivity index (χ1v) is 7.46. The van der Waals surface area contributed by atoms with E-state index in [-0.39, 0.29) is 12.0 Å². The van der Waals surface area contributed by atoms with Gasteiger partial charge in [0.25, 0.3) is 0 Å². The number of benzene rings is 2. The topological polar surface area (TPSA) is 81.1 Å².